The number of carbonyl (C=O) groups excluding carboxylic acids is 1. The van der Waals surface area contributed by atoms with Crippen molar-refractivity contribution >= 4 is 29.9 Å². The fourth-order valence-electron chi connectivity index (χ4n) is 2.58. The Kier molecular flexibility index (Phi) is 7.43. The first kappa shape index (κ1) is 18.2. The number of halogens is 3. The van der Waals surface area contributed by atoms with Crippen LogP contribution in [0, 0.1) is 11.7 Å². The molecule has 0 saturated carbocycles. The third-order valence-corrected chi connectivity index (χ3v) is 4.16. The minimum atomic E-state index is -0.492. The third kappa shape index (κ3) is 4.83. The van der Waals surface area contributed by atoms with Crippen LogP contribution in [0.3, 0.4) is 0 Å². The summed E-state index contributed by atoms with van der Waals surface area (Å²) in [5.74, 6) is 0.135. The molecule has 1 saturated heterocycles. The van der Waals surface area contributed by atoms with Crippen LogP contribution in [0.1, 0.15) is 29.6 Å². The lowest BCUT2D eigenvalue weighted by Gasteiger charge is -2.32. The smallest absolute Gasteiger partial charge is 0.253 e. The number of piperidine rings is 1. The molecule has 1 N–H and O–H groups in total. The monoisotopic (exact) mass is 334 g/mol. The molecule has 0 bridgehead atoms. The Morgan fingerprint density at radius 2 is 2.10 bits per heavy atom. The second-order valence-electron chi connectivity index (χ2n) is 5.26. The minimum Gasteiger partial charge on any atom is -0.339 e. The summed E-state index contributed by atoms with van der Waals surface area (Å²) >= 11 is 5.72. The van der Waals surface area contributed by atoms with E-state index in [2.05, 4.69) is 5.32 Å². The molecule has 0 unspecified atom stereocenters. The second kappa shape index (κ2) is 8.57. The molecule has 0 radical (unpaired) electrons. The zero-order valence-corrected chi connectivity index (χ0v) is 13.6. The fraction of sp³-hybridized carbons (Fsp3) is 0.533. The Balaban J connectivity index is 0.00000220. The molecular weight excluding hydrogens is 314 g/mol. The molecule has 1 heterocycles. The molecule has 1 amide bonds. The van der Waals surface area contributed by atoms with Crippen LogP contribution >= 0.6 is 24.0 Å². The molecule has 1 aromatic carbocycles. The van der Waals surface area contributed by atoms with E-state index in [4.69, 9.17) is 11.6 Å². The van der Waals surface area contributed by atoms with E-state index in [9.17, 15) is 9.18 Å². The number of nitrogens with one attached hydrogen (secondary N) is 1. The van der Waals surface area contributed by atoms with Gasteiger partial charge in [-0.25, -0.2) is 4.39 Å². The Morgan fingerprint density at radius 1 is 1.43 bits per heavy atom. The summed E-state index contributed by atoms with van der Waals surface area (Å²) in [5.41, 5.74) is 0.463. The molecule has 1 aliphatic rings. The van der Waals surface area contributed by atoms with Crippen LogP contribution in [0.2, 0.25) is 5.02 Å². The van der Waals surface area contributed by atoms with Crippen molar-refractivity contribution in [3.63, 3.8) is 0 Å². The van der Waals surface area contributed by atoms with Gasteiger partial charge in [0.1, 0.15) is 5.82 Å². The molecule has 1 aliphatic heterocycles. The van der Waals surface area contributed by atoms with Crippen molar-refractivity contribution in [1.82, 2.24) is 10.2 Å². The number of hydrogen-bond acceptors (Lipinski definition) is 2. The van der Waals surface area contributed by atoms with Crippen LogP contribution < -0.4 is 5.32 Å². The third-order valence-electron chi connectivity index (χ3n) is 3.87. The number of rotatable bonds is 4. The molecule has 0 aromatic heterocycles. The molecule has 1 aromatic rings. The van der Waals surface area contributed by atoms with Crippen molar-refractivity contribution in [2.45, 2.75) is 19.3 Å². The molecule has 2 rings (SSSR count). The standard InChI is InChI=1S/C15H20ClFN2O.ClH/c1-18-7-4-11-5-8-19(9-6-11)15(20)12-2-3-14(17)13(16)10-12;/h2-3,10-11,18H,4-9H2,1H3;1H. The van der Waals surface area contributed by atoms with Gasteiger partial charge in [-0.3, -0.25) is 4.79 Å². The molecule has 0 atom stereocenters. The lowest BCUT2D eigenvalue weighted by atomic mass is 9.93. The van der Waals surface area contributed by atoms with Crippen LogP contribution in [0.15, 0.2) is 18.2 Å². The maximum atomic E-state index is 13.1. The Bertz CT molecular complexity index is 477. The molecule has 3 nitrogen and oxygen atoms in total. The fourth-order valence-corrected chi connectivity index (χ4v) is 2.77. The number of amides is 1. The lowest BCUT2D eigenvalue weighted by Crippen LogP contribution is -2.39. The van der Waals surface area contributed by atoms with E-state index >= 15 is 0 Å². The van der Waals surface area contributed by atoms with Crippen molar-refractivity contribution < 1.29 is 9.18 Å². The Hall–Kier alpha value is -0.840. The first-order chi connectivity index (χ1) is 9.61. The topological polar surface area (TPSA) is 32.3 Å². The van der Waals surface area contributed by atoms with Gasteiger partial charge in [-0.1, -0.05) is 11.6 Å². The quantitative estimate of drug-likeness (QED) is 0.915. The normalized spacial score (nSPS) is 15.7. The Labute approximate surface area is 136 Å². The largest absolute Gasteiger partial charge is 0.339 e. The lowest BCUT2D eigenvalue weighted by molar-refractivity contribution is 0.0687. The summed E-state index contributed by atoms with van der Waals surface area (Å²) in [5, 5.41) is 3.16. The molecule has 0 aliphatic carbocycles. The summed E-state index contributed by atoms with van der Waals surface area (Å²) in [6.07, 6.45) is 3.21. The zero-order chi connectivity index (χ0) is 14.5. The van der Waals surface area contributed by atoms with E-state index in [1.54, 1.807) is 0 Å². The highest BCUT2D eigenvalue weighted by molar-refractivity contribution is 6.31. The molecule has 118 valence electrons. The first-order valence-electron chi connectivity index (χ1n) is 7.00. The summed E-state index contributed by atoms with van der Waals surface area (Å²) in [6, 6.07) is 4.15. The van der Waals surface area contributed by atoms with E-state index in [-0.39, 0.29) is 23.3 Å². The van der Waals surface area contributed by atoms with Gasteiger partial charge in [0.2, 0.25) is 0 Å². The maximum Gasteiger partial charge on any atom is 0.253 e. The average molecular weight is 335 g/mol. The van der Waals surface area contributed by atoms with Crippen LogP contribution in [-0.2, 0) is 0 Å². The van der Waals surface area contributed by atoms with E-state index in [1.165, 1.54) is 18.2 Å². The number of carbonyl (C=O) groups is 1. The minimum absolute atomic E-state index is 0. The summed E-state index contributed by atoms with van der Waals surface area (Å²) in [6.45, 7) is 2.55. The van der Waals surface area contributed by atoms with Crippen molar-refractivity contribution in [1.29, 1.82) is 0 Å². The van der Waals surface area contributed by atoms with Gasteiger partial charge in [-0.2, -0.15) is 0 Å². The summed E-state index contributed by atoms with van der Waals surface area (Å²) in [4.78, 5) is 14.1. The van der Waals surface area contributed by atoms with Crippen molar-refractivity contribution in [2.24, 2.45) is 5.92 Å². The SMILES string of the molecule is CNCCC1CCN(C(=O)c2ccc(F)c(Cl)c2)CC1.Cl. The number of likely N-dealkylation sites (tertiary alicyclic amines) is 1. The highest BCUT2D eigenvalue weighted by atomic mass is 35.5. The van der Waals surface area contributed by atoms with Crippen molar-refractivity contribution in [2.75, 3.05) is 26.7 Å². The van der Waals surface area contributed by atoms with E-state index < -0.39 is 5.82 Å². The zero-order valence-electron chi connectivity index (χ0n) is 12.1. The average Bonchev–Trinajstić information content (AvgIpc) is 2.48. The van der Waals surface area contributed by atoms with Gasteiger partial charge in [-0.05, 0) is 57.0 Å². The number of hydrogen-bond donors (Lipinski definition) is 1. The molecular formula is C15H21Cl2FN2O. The highest BCUT2D eigenvalue weighted by Crippen LogP contribution is 2.23. The summed E-state index contributed by atoms with van der Waals surface area (Å²) < 4.78 is 13.1. The second-order valence-corrected chi connectivity index (χ2v) is 5.66. The van der Waals surface area contributed by atoms with Crippen LogP contribution in [0.5, 0.6) is 0 Å². The molecule has 21 heavy (non-hydrogen) atoms. The number of nitrogens with zero attached hydrogens (tertiary/aromatic N) is 1. The number of benzene rings is 1. The molecule has 1 fully saturated rings. The van der Waals surface area contributed by atoms with Gasteiger partial charge >= 0.3 is 0 Å². The van der Waals surface area contributed by atoms with Crippen molar-refractivity contribution in [3.8, 4) is 0 Å². The molecule has 0 spiro atoms. The van der Waals surface area contributed by atoms with E-state index in [0.717, 1.165) is 38.9 Å². The van der Waals surface area contributed by atoms with Gasteiger partial charge < -0.3 is 10.2 Å². The molecule has 6 heteroatoms. The van der Waals surface area contributed by atoms with Gasteiger partial charge in [-0.15, -0.1) is 12.4 Å². The highest BCUT2D eigenvalue weighted by Gasteiger charge is 2.23. The Morgan fingerprint density at radius 3 is 2.67 bits per heavy atom. The first-order valence-corrected chi connectivity index (χ1v) is 7.38. The van der Waals surface area contributed by atoms with E-state index in [0.29, 0.717) is 11.5 Å². The summed E-state index contributed by atoms with van der Waals surface area (Å²) in [7, 11) is 1.96. The van der Waals surface area contributed by atoms with Crippen LogP contribution in [0.25, 0.3) is 0 Å². The van der Waals surface area contributed by atoms with Crippen molar-refractivity contribution in [3.05, 3.63) is 34.6 Å². The van der Waals surface area contributed by atoms with Crippen LogP contribution in [-0.4, -0.2) is 37.5 Å². The predicted molar refractivity (Wildman–Crippen MR) is 85.8 cm³/mol. The van der Waals surface area contributed by atoms with Gasteiger partial charge in [0.05, 0.1) is 5.02 Å². The maximum absolute atomic E-state index is 13.1. The van der Waals surface area contributed by atoms with Gasteiger partial charge in [0.15, 0.2) is 0 Å². The van der Waals surface area contributed by atoms with Gasteiger partial charge in [0.25, 0.3) is 5.91 Å². The van der Waals surface area contributed by atoms with Gasteiger partial charge in [0, 0.05) is 18.7 Å². The van der Waals surface area contributed by atoms with E-state index in [1.807, 2.05) is 11.9 Å². The van der Waals surface area contributed by atoms with Crippen LogP contribution in [0.4, 0.5) is 4.39 Å². The predicted octanol–water partition coefficient (Wildman–Crippen LogP) is 3.36.